The summed E-state index contributed by atoms with van der Waals surface area (Å²) in [5.41, 5.74) is 7.89. The molecule has 2 N–H and O–H groups in total. The Morgan fingerprint density at radius 2 is 1.71 bits per heavy atom. The van der Waals surface area contributed by atoms with E-state index in [1.165, 1.54) is 0 Å². The molecule has 1 unspecified atom stereocenters. The van der Waals surface area contributed by atoms with Crippen LogP contribution >= 0.6 is 0 Å². The SMILES string of the molecule is CCN(CC)C(=O)C(c1ccccc1)N1CCN(c2ccc(C(N)=O)cc2C#N)CC1. The van der Waals surface area contributed by atoms with Crippen LogP contribution in [0.5, 0.6) is 0 Å². The first kappa shape index (κ1) is 22.3. The molecule has 0 aromatic heterocycles. The molecule has 1 fully saturated rings. The lowest BCUT2D eigenvalue weighted by Gasteiger charge is -2.41. The van der Waals surface area contributed by atoms with Gasteiger partial charge in [-0.15, -0.1) is 0 Å². The molecule has 0 radical (unpaired) electrons. The fourth-order valence-electron chi connectivity index (χ4n) is 4.13. The van der Waals surface area contributed by atoms with Crippen molar-refractivity contribution in [2.24, 2.45) is 5.73 Å². The number of amides is 2. The molecule has 1 heterocycles. The van der Waals surface area contributed by atoms with Crippen LogP contribution in [-0.2, 0) is 4.79 Å². The third-order valence-electron chi connectivity index (χ3n) is 5.85. The summed E-state index contributed by atoms with van der Waals surface area (Å²) in [7, 11) is 0. The number of anilines is 1. The highest BCUT2D eigenvalue weighted by Gasteiger charge is 2.33. The van der Waals surface area contributed by atoms with E-state index in [2.05, 4.69) is 15.9 Å². The fourth-order valence-corrected chi connectivity index (χ4v) is 4.13. The third kappa shape index (κ3) is 4.86. The van der Waals surface area contributed by atoms with Gasteiger partial charge in [0.2, 0.25) is 11.8 Å². The summed E-state index contributed by atoms with van der Waals surface area (Å²) >= 11 is 0. The summed E-state index contributed by atoms with van der Waals surface area (Å²) in [4.78, 5) is 31.0. The van der Waals surface area contributed by atoms with Crippen LogP contribution in [0, 0.1) is 11.3 Å². The van der Waals surface area contributed by atoms with Crippen molar-refractivity contribution in [1.82, 2.24) is 9.80 Å². The molecule has 1 saturated heterocycles. The molecule has 7 nitrogen and oxygen atoms in total. The van der Waals surface area contributed by atoms with Crippen LogP contribution in [0.2, 0.25) is 0 Å². The van der Waals surface area contributed by atoms with E-state index < -0.39 is 5.91 Å². The Kier molecular flexibility index (Phi) is 7.27. The molecule has 1 aliphatic heterocycles. The van der Waals surface area contributed by atoms with Gasteiger partial charge in [0.25, 0.3) is 0 Å². The Morgan fingerprint density at radius 3 is 2.26 bits per heavy atom. The summed E-state index contributed by atoms with van der Waals surface area (Å²) in [6.45, 7) is 8.09. The first-order chi connectivity index (χ1) is 15.0. The summed E-state index contributed by atoms with van der Waals surface area (Å²) < 4.78 is 0. The second kappa shape index (κ2) is 10.1. The van der Waals surface area contributed by atoms with Crippen molar-refractivity contribution in [1.29, 1.82) is 5.26 Å². The van der Waals surface area contributed by atoms with E-state index in [0.717, 1.165) is 11.3 Å². The standard InChI is InChI=1S/C24H29N5O2/c1-3-27(4-2)24(31)22(18-8-6-5-7-9-18)29-14-12-28(13-15-29)21-11-10-19(23(26)30)16-20(21)17-25/h5-11,16,22H,3-4,12-15H2,1-2H3,(H2,26,30). The third-order valence-corrected chi connectivity index (χ3v) is 5.85. The minimum atomic E-state index is -0.548. The largest absolute Gasteiger partial charge is 0.368 e. The summed E-state index contributed by atoms with van der Waals surface area (Å²) in [5.74, 6) is -0.429. The van der Waals surface area contributed by atoms with Gasteiger partial charge in [0, 0.05) is 44.8 Å². The maximum Gasteiger partial charge on any atom is 0.248 e. The highest BCUT2D eigenvalue weighted by Crippen LogP contribution is 2.28. The van der Waals surface area contributed by atoms with E-state index in [1.807, 2.05) is 49.1 Å². The average molecular weight is 420 g/mol. The van der Waals surface area contributed by atoms with Crippen LogP contribution in [0.4, 0.5) is 5.69 Å². The van der Waals surface area contributed by atoms with Gasteiger partial charge in [0.1, 0.15) is 12.1 Å². The van der Waals surface area contributed by atoms with Crippen LogP contribution in [0.15, 0.2) is 48.5 Å². The Balaban J connectivity index is 1.81. The molecule has 0 bridgehead atoms. The number of nitriles is 1. The number of hydrogen-bond acceptors (Lipinski definition) is 5. The average Bonchev–Trinajstić information content (AvgIpc) is 2.81. The second-order valence-corrected chi connectivity index (χ2v) is 7.55. The lowest BCUT2D eigenvalue weighted by Crippen LogP contribution is -2.51. The van der Waals surface area contributed by atoms with Crippen molar-refractivity contribution in [2.75, 3.05) is 44.2 Å². The number of rotatable bonds is 7. The first-order valence-electron chi connectivity index (χ1n) is 10.7. The monoisotopic (exact) mass is 419 g/mol. The van der Waals surface area contributed by atoms with Gasteiger partial charge in [0.15, 0.2) is 0 Å². The molecule has 1 atom stereocenters. The molecule has 31 heavy (non-hydrogen) atoms. The molecular weight excluding hydrogens is 390 g/mol. The zero-order valence-corrected chi connectivity index (χ0v) is 18.1. The smallest absolute Gasteiger partial charge is 0.248 e. The lowest BCUT2D eigenvalue weighted by atomic mass is 10.0. The number of likely N-dealkylation sites (N-methyl/N-ethyl adjacent to an activating group) is 1. The maximum atomic E-state index is 13.3. The Morgan fingerprint density at radius 1 is 1.06 bits per heavy atom. The molecule has 0 saturated carbocycles. The first-order valence-corrected chi connectivity index (χ1v) is 10.7. The quantitative estimate of drug-likeness (QED) is 0.744. The number of carbonyl (C=O) groups excluding carboxylic acids is 2. The zero-order chi connectivity index (χ0) is 22.4. The zero-order valence-electron chi connectivity index (χ0n) is 18.1. The van der Waals surface area contributed by atoms with Gasteiger partial charge < -0.3 is 15.5 Å². The normalized spacial score (nSPS) is 15.2. The minimum absolute atomic E-state index is 0.119. The van der Waals surface area contributed by atoms with Gasteiger partial charge in [-0.2, -0.15) is 5.26 Å². The number of piperazine rings is 1. The predicted molar refractivity (Wildman–Crippen MR) is 121 cm³/mol. The molecule has 162 valence electrons. The molecule has 2 amide bonds. The van der Waals surface area contributed by atoms with Crippen LogP contribution in [0.1, 0.15) is 41.4 Å². The van der Waals surface area contributed by atoms with Crippen molar-refractivity contribution in [3.05, 3.63) is 65.2 Å². The topological polar surface area (TPSA) is 93.7 Å². The lowest BCUT2D eigenvalue weighted by molar-refractivity contribution is -0.137. The minimum Gasteiger partial charge on any atom is -0.368 e. The van der Waals surface area contributed by atoms with Crippen LogP contribution in [0.3, 0.4) is 0 Å². The van der Waals surface area contributed by atoms with E-state index in [9.17, 15) is 14.9 Å². The molecule has 0 spiro atoms. The van der Waals surface area contributed by atoms with Crippen LogP contribution < -0.4 is 10.6 Å². The molecule has 7 heteroatoms. The number of hydrogen-bond donors (Lipinski definition) is 1. The maximum absolute atomic E-state index is 13.3. The van der Waals surface area contributed by atoms with Crippen LogP contribution in [-0.4, -0.2) is 60.9 Å². The molecule has 3 rings (SSSR count). The number of benzene rings is 2. The Bertz CT molecular complexity index is 958. The van der Waals surface area contributed by atoms with Crippen LogP contribution in [0.25, 0.3) is 0 Å². The molecule has 1 aliphatic rings. The van der Waals surface area contributed by atoms with E-state index in [-0.39, 0.29) is 11.9 Å². The number of nitrogens with two attached hydrogens (primary N) is 1. The van der Waals surface area contributed by atoms with Gasteiger partial charge in [0.05, 0.1) is 11.3 Å². The van der Waals surface area contributed by atoms with Crippen molar-refractivity contribution >= 4 is 17.5 Å². The van der Waals surface area contributed by atoms with Crippen molar-refractivity contribution in [3.63, 3.8) is 0 Å². The van der Waals surface area contributed by atoms with Gasteiger partial charge in [-0.3, -0.25) is 14.5 Å². The number of nitrogens with zero attached hydrogens (tertiary/aromatic N) is 4. The molecule has 0 aliphatic carbocycles. The van der Waals surface area contributed by atoms with E-state index >= 15 is 0 Å². The van der Waals surface area contributed by atoms with Crippen molar-refractivity contribution in [3.8, 4) is 6.07 Å². The highest BCUT2D eigenvalue weighted by molar-refractivity contribution is 5.93. The highest BCUT2D eigenvalue weighted by atomic mass is 16.2. The number of carbonyl (C=O) groups is 2. The predicted octanol–water partition coefficient (Wildman–Crippen LogP) is 2.39. The van der Waals surface area contributed by atoms with Gasteiger partial charge in [-0.1, -0.05) is 30.3 Å². The number of primary amides is 1. The van der Waals surface area contributed by atoms with Crippen molar-refractivity contribution in [2.45, 2.75) is 19.9 Å². The van der Waals surface area contributed by atoms with Gasteiger partial charge in [-0.25, -0.2) is 0 Å². The Labute approximate surface area is 183 Å². The molecule has 2 aromatic carbocycles. The van der Waals surface area contributed by atoms with Gasteiger partial charge >= 0.3 is 0 Å². The summed E-state index contributed by atoms with van der Waals surface area (Å²) in [6, 6.07) is 16.7. The van der Waals surface area contributed by atoms with E-state index in [0.29, 0.717) is 50.4 Å². The van der Waals surface area contributed by atoms with Crippen molar-refractivity contribution < 1.29 is 9.59 Å². The Hall–Kier alpha value is -3.37. The van der Waals surface area contributed by atoms with E-state index in [4.69, 9.17) is 5.73 Å². The van der Waals surface area contributed by atoms with Gasteiger partial charge in [-0.05, 0) is 37.6 Å². The molecule has 2 aromatic rings. The summed E-state index contributed by atoms with van der Waals surface area (Å²) in [6.07, 6.45) is 0. The van der Waals surface area contributed by atoms with E-state index in [1.54, 1.807) is 18.2 Å². The summed E-state index contributed by atoms with van der Waals surface area (Å²) in [5, 5.41) is 9.54. The second-order valence-electron chi connectivity index (χ2n) is 7.55. The fraction of sp³-hybridized carbons (Fsp3) is 0.375. The molecular formula is C24H29N5O2.